The van der Waals surface area contributed by atoms with Crippen LogP contribution in [0.4, 0.5) is 0 Å². The maximum atomic E-state index is 10.6. The second-order valence-corrected chi connectivity index (χ2v) is 4.39. The van der Waals surface area contributed by atoms with E-state index in [1.165, 1.54) is 19.1 Å². The zero-order chi connectivity index (χ0) is 12.3. The van der Waals surface area contributed by atoms with Gasteiger partial charge in [-0.3, -0.25) is 9.69 Å². The van der Waals surface area contributed by atoms with E-state index < -0.39 is 5.97 Å². The summed E-state index contributed by atoms with van der Waals surface area (Å²) < 4.78 is 5.42. The molecule has 2 heterocycles. The van der Waals surface area contributed by atoms with E-state index in [0.29, 0.717) is 11.6 Å². The molecule has 5 heteroatoms. The minimum Gasteiger partial charge on any atom is -0.481 e. The molecule has 1 aromatic heterocycles. The molecule has 0 aromatic carbocycles. The average Bonchev–Trinajstić information content (AvgIpc) is 2.76. The molecule has 0 bridgehead atoms. The summed E-state index contributed by atoms with van der Waals surface area (Å²) in [5, 5.41) is 8.69. The topological polar surface area (TPSA) is 66.6 Å². The number of hydrogen-bond donors (Lipinski definition) is 1. The van der Waals surface area contributed by atoms with Crippen molar-refractivity contribution in [2.75, 3.05) is 13.1 Å². The molecule has 0 radical (unpaired) electrons. The van der Waals surface area contributed by atoms with Crippen LogP contribution in [0.2, 0.25) is 0 Å². The minimum absolute atomic E-state index is 0.0671. The second-order valence-electron chi connectivity index (χ2n) is 4.39. The standard InChI is InChI=1S/C12H18N2O3/c1-2-14-6-4-3-5-10(14)12-13-9(8-17-12)7-11(15)16/h8,10H,2-7H2,1H3,(H,15,16). The molecule has 1 aromatic rings. The SMILES string of the molecule is CCN1CCCCC1c1nc(CC(=O)O)co1. The third kappa shape index (κ3) is 2.85. The number of carboxylic acid groups (broad SMARTS) is 1. The summed E-state index contributed by atoms with van der Waals surface area (Å²) >= 11 is 0. The molecule has 1 fully saturated rings. The van der Waals surface area contributed by atoms with Gasteiger partial charge in [0.25, 0.3) is 0 Å². The second kappa shape index (κ2) is 5.31. The van der Waals surface area contributed by atoms with E-state index in [4.69, 9.17) is 9.52 Å². The zero-order valence-electron chi connectivity index (χ0n) is 10.1. The molecule has 1 N–H and O–H groups in total. The lowest BCUT2D eigenvalue weighted by molar-refractivity contribution is -0.136. The highest BCUT2D eigenvalue weighted by molar-refractivity contribution is 5.69. The van der Waals surface area contributed by atoms with Crippen LogP contribution in [0, 0.1) is 0 Å². The van der Waals surface area contributed by atoms with Crippen molar-refractivity contribution >= 4 is 5.97 Å². The van der Waals surface area contributed by atoms with E-state index in [1.807, 2.05) is 0 Å². The van der Waals surface area contributed by atoms with Crippen molar-refractivity contribution in [2.45, 2.75) is 38.6 Å². The van der Waals surface area contributed by atoms with Crippen molar-refractivity contribution in [3.8, 4) is 0 Å². The Morgan fingerprint density at radius 1 is 1.65 bits per heavy atom. The van der Waals surface area contributed by atoms with Crippen LogP contribution in [-0.2, 0) is 11.2 Å². The third-order valence-corrected chi connectivity index (χ3v) is 3.21. The van der Waals surface area contributed by atoms with E-state index in [2.05, 4.69) is 16.8 Å². The lowest BCUT2D eigenvalue weighted by Crippen LogP contribution is -2.33. The maximum Gasteiger partial charge on any atom is 0.309 e. The molecule has 0 amide bonds. The van der Waals surface area contributed by atoms with Crippen LogP contribution >= 0.6 is 0 Å². The van der Waals surface area contributed by atoms with E-state index in [0.717, 1.165) is 19.5 Å². The number of likely N-dealkylation sites (tertiary alicyclic amines) is 1. The molecule has 1 atom stereocenters. The Labute approximate surface area is 100 Å². The van der Waals surface area contributed by atoms with Gasteiger partial charge < -0.3 is 9.52 Å². The molecule has 17 heavy (non-hydrogen) atoms. The van der Waals surface area contributed by atoms with Gasteiger partial charge in [-0.2, -0.15) is 0 Å². The summed E-state index contributed by atoms with van der Waals surface area (Å²) in [4.78, 5) is 17.2. The number of nitrogens with zero attached hydrogens (tertiary/aromatic N) is 2. The Kier molecular flexibility index (Phi) is 3.78. The van der Waals surface area contributed by atoms with Gasteiger partial charge in [0.15, 0.2) is 0 Å². The van der Waals surface area contributed by atoms with Crippen molar-refractivity contribution in [1.29, 1.82) is 0 Å². The molecular weight excluding hydrogens is 220 g/mol. The van der Waals surface area contributed by atoms with Gasteiger partial charge in [-0.05, 0) is 25.9 Å². The first-order valence-corrected chi connectivity index (χ1v) is 6.11. The first kappa shape index (κ1) is 12.1. The zero-order valence-corrected chi connectivity index (χ0v) is 10.1. The first-order valence-electron chi connectivity index (χ1n) is 6.11. The molecule has 94 valence electrons. The number of rotatable bonds is 4. The van der Waals surface area contributed by atoms with E-state index in [1.54, 1.807) is 0 Å². The van der Waals surface area contributed by atoms with E-state index in [9.17, 15) is 4.79 Å². The Balaban J connectivity index is 2.09. The molecule has 1 unspecified atom stereocenters. The average molecular weight is 238 g/mol. The van der Waals surface area contributed by atoms with Gasteiger partial charge in [-0.1, -0.05) is 13.3 Å². The fourth-order valence-corrected chi connectivity index (χ4v) is 2.36. The predicted molar refractivity (Wildman–Crippen MR) is 61.7 cm³/mol. The quantitative estimate of drug-likeness (QED) is 0.867. The minimum atomic E-state index is -0.874. The molecule has 1 aliphatic heterocycles. The monoisotopic (exact) mass is 238 g/mol. The van der Waals surface area contributed by atoms with Gasteiger partial charge in [0.05, 0.1) is 18.2 Å². The van der Waals surface area contributed by atoms with Gasteiger partial charge in [0, 0.05) is 0 Å². The van der Waals surface area contributed by atoms with Crippen LogP contribution in [0.5, 0.6) is 0 Å². The fourth-order valence-electron chi connectivity index (χ4n) is 2.36. The van der Waals surface area contributed by atoms with Gasteiger partial charge in [0.1, 0.15) is 6.26 Å². The first-order chi connectivity index (χ1) is 8.20. The molecule has 1 saturated heterocycles. The molecule has 0 spiro atoms. The summed E-state index contributed by atoms with van der Waals surface area (Å²) in [6.45, 7) is 4.17. The summed E-state index contributed by atoms with van der Waals surface area (Å²) in [7, 11) is 0. The van der Waals surface area contributed by atoms with Crippen molar-refractivity contribution in [1.82, 2.24) is 9.88 Å². The van der Waals surface area contributed by atoms with Crippen molar-refractivity contribution in [2.24, 2.45) is 0 Å². The van der Waals surface area contributed by atoms with Crippen LogP contribution < -0.4 is 0 Å². The van der Waals surface area contributed by atoms with E-state index in [-0.39, 0.29) is 12.5 Å². The molecule has 1 aliphatic rings. The number of piperidine rings is 1. The van der Waals surface area contributed by atoms with Crippen LogP contribution in [0.25, 0.3) is 0 Å². The van der Waals surface area contributed by atoms with Gasteiger partial charge in [-0.25, -0.2) is 4.98 Å². The lowest BCUT2D eigenvalue weighted by Gasteiger charge is -2.32. The lowest BCUT2D eigenvalue weighted by atomic mass is 10.0. The van der Waals surface area contributed by atoms with Crippen molar-refractivity contribution in [3.63, 3.8) is 0 Å². The Morgan fingerprint density at radius 3 is 3.18 bits per heavy atom. The van der Waals surface area contributed by atoms with Crippen LogP contribution in [-0.4, -0.2) is 34.0 Å². The summed E-state index contributed by atoms with van der Waals surface area (Å²) in [5.41, 5.74) is 0.508. The van der Waals surface area contributed by atoms with Gasteiger partial charge >= 0.3 is 5.97 Å². The largest absolute Gasteiger partial charge is 0.481 e. The number of carboxylic acids is 1. The Morgan fingerprint density at radius 2 is 2.47 bits per heavy atom. The normalized spacial score (nSPS) is 21.6. The molecule has 5 nitrogen and oxygen atoms in total. The number of carbonyl (C=O) groups is 1. The van der Waals surface area contributed by atoms with Crippen LogP contribution in [0.3, 0.4) is 0 Å². The fraction of sp³-hybridized carbons (Fsp3) is 0.667. The van der Waals surface area contributed by atoms with Gasteiger partial charge in [-0.15, -0.1) is 0 Å². The van der Waals surface area contributed by atoms with E-state index >= 15 is 0 Å². The number of aromatic nitrogens is 1. The summed E-state index contributed by atoms with van der Waals surface area (Å²) in [6.07, 6.45) is 4.83. The van der Waals surface area contributed by atoms with Crippen LogP contribution in [0.1, 0.15) is 43.8 Å². The molecular formula is C12H18N2O3. The Hall–Kier alpha value is -1.36. The highest BCUT2D eigenvalue weighted by Crippen LogP contribution is 2.29. The molecule has 0 saturated carbocycles. The van der Waals surface area contributed by atoms with Crippen molar-refractivity contribution in [3.05, 3.63) is 17.8 Å². The highest BCUT2D eigenvalue weighted by atomic mass is 16.4. The summed E-state index contributed by atoms with van der Waals surface area (Å²) in [6, 6.07) is 0.219. The third-order valence-electron chi connectivity index (χ3n) is 3.21. The predicted octanol–water partition coefficient (Wildman–Crippen LogP) is 1.85. The molecule has 2 rings (SSSR count). The highest BCUT2D eigenvalue weighted by Gasteiger charge is 2.26. The van der Waals surface area contributed by atoms with Crippen LogP contribution in [0.15, 0.2) is 10.7 Å². The number of oxazole rings is 1. The summed E-state index contributed by atoms with van der Waals surface area (Å²) in [5.74, 6) is -0.205. The smallest absolute Gasteiger partial charge is 0.309 e. The number of hydrogen-bond acceptors (Lipinski definition) is 4. The van der Waals surface area contributed by atoms with Gasteiger partial charge in [0.2, 0.25) is 5.89 Å². The molecule has 0 aliphatic carbocycles. The maximum absolute atomic E-state index is 10.6. The van der Waals surface area contributed by atoms with Crippen molar-refractivity contribution < 1.29 is 14.3 Å². The number of aliphatic carboxylic acids is 1. The Bertz CT molecular complexity index is 389.